The third-order valence-electron chi connectivity index (χ3n) is 4.26. The molecule has 1 aliphatic rings. The predicted molar refractivity (Wildman–Crippen MR) is 85.5 cm³/mol. The number of aldehydes is 1. The van der Waals surface area contributed by atoms with Crippen LogP contribution in [0, 0.1) is 11.6 Å². The minimum absolute atomic E-state index is 0.0852. The molecule has 24 heavy (non-hydrogen) atoms. The lowest BCUT2D eigenvalue weighted by molar-refractivity contribution is -0.108. The Kier molecular flexibility index (Phi) is 4.87. The quantitative estimate of drug-likeness (QED) is 0.845. The first-order valence-electron chi connectivity index (χ1n) is 7.78. The van der Waals surface area contributed by atoms with Crippen molar-refractivity contribution in [3.63, 3.8) is 0 Å². The maximum atomic E-state index is 14.5. The van der Waals surface area contributed by atoms with Crippen LogP contribution in [0.2, 0.25) is 0 Å². The summed E-state index contributed by atoms with van der Waals surface area (Å²) in [5.41, 5.74) is 10.3. The van der Waals surface area contributed by atoms with Crippen molar-refractivity contribution in [2.24, 2.45) is 5.73 Å². The van der Waals surface area contributed by atoms with Crippen LogP contribution in [0.25, 0.3) is 0 Å². The first kappa shape index (κ1) is 16.5. The highest BCUT2D eigenvalue weighted by atomic mass is 19.1. The number of para-hydroxylation sites is 1. The monoisotopic (exact) mass is 332 g/mol. The van der Waals surface area contributed by atoms with E-state index < -0.39 is 11.9 Å². The molecule has 126 valence electrons. The van der Waals surface area contributed by atoms with Crippen LogP contribution in [0.15, 0.2) is 36.4 Å². The normalized spacial score (nSPS) is 18.2. The van der Waals surface area contributed by atoms with Gasteiger partial charge in [0.1, 0.15) is 12.1 Å². The Hall–Kier alpha value is -2.31. The summed E-state index contributed by atoms with van der Waals surface area (Å²) in [5.74, 6) is -1.17. The average Bonchev–Trinajstić information content (AvgIpc) is 2.79. The van der Waals surface area contributed by atoms with E-state index in [9.17, 15) is 13.6 Å². The average molecular weight is 332 g/mol. The van der Waals surface area contributed by atoms with Crippen LogP contribution in [0.1, 0.15) is 41.5 Å². The number of benzene rings is 2. The van der Waals surface area contributed by atoms with Gasteiger partial charge < -0.3 is 15.4 Å². The molecular weight excluding hydrogens is 314 g/mol. The van der Waals surface area contributed by atoms with Crippen molar-refractivity contribution < 1.29 is 18.4 Å². The van der Waals surface area contributed by atoms with Gasteiger partial charge in [0.05, 0.1) is 0 Å². The highest BCUT2D eigenvalue weighted by Crippen LogP contribution is 2.38. The molecule has 2 aromatic rings. The molecule has 0 amide bonds. The Morgan fingerprint density at radius 1 is 1.25 bits per heavy atom. The number of rotatable bonds is 4. The van der Waals surface area contributed by atoms with E-state index in [0.29, 0.717) is 29.7 Å². The van der Waals surface area contributed by atoms with Crippen molar-refractivity contribution in [3.8, 4) is 5.75 Å². The summed E-state index contributed by atoms with van der Waals surface area (Å²) >= 11 is 0. The van der Waals surface area contributed by atoms with Gasteiger partial charge >= 0.3 is 0 Å². The van der Waals surface area contributed by atoms with Crippen LogP contribution < -0.4 is 16.1 Å². The zero-order valence-corrected chi connectivity index (χ0v) is 13.0. The van der Waals surface area contributed by atoms with Gasteiger partial charge in [0.25, 0.3) is 0 Å². The molecule has 1 unspecified atom stereocenters. The lowest BCUT2D eigenvalue weighted by Crippen LogP contribution is -2.18. The summed E-state index contributed by atoms with van der Waals surface area (Å²) in [7, 11) is 0. The summed E-state index contributed by atoms with van der Waals surface area (Å²) < 4.78 is 28.5. The number of halogens is 2. The van der Waals surface area contributed by atoms with Crippen molar-refractivity contribution >= 4 is 6.29 Å². The molecule has 2 atom stereocenters. The summed E-state index contributed by atoms with van der Waals surface area (Å²) in [4.78, 5) is 15.9. The zero-order valence-electron chi connectivity index (χ0n) is 13.0. The number of nitrogens with two attached hydrogens (primary N) is 1. The van der Waals surface area contributed by atoms with Crippen molar-refractivity contribution in [2.45, 2.75) is 24.8 Å². The first-order valence-corrected chi connectivity index (χ1v) is 7.78. The summed E-state index contributed by atoms with van der Waals surface area (Å²) in [6, 6.07) is 8.69. The number of carbonyl (C=O) groups excluding carboxylic acids is 1. The molecular formula is C18H18F2N2O2. The molecule has 3 rings (SSSR count). The molecule has 0 aliphatic carbocycles. The van der Waals surface area contributed by atoms with Gasteiger partial charge in [-0.25, -0.2) is 8.78 Å². The van der Waals surface area contributed by atoms with Gasteiger partial charge in [0, 0.05) is 30.5 Å². The lowest BCUT2D eigenvalue weighted by atomic mass is 9.86. The van der Waals surface area contributed by atoms with Crippen LogP contribution in [-0.4, -0.2) is 12.8 Å². The molecule has 0 spiro atoms. The minimum atomic E-state index is -0.499. The maximum Gasteiger partial charge on any atom is 0.186 e. The van der Waals surface area contributed by atoms with E-state index >= 15 is 0 Å². The van der Waals surface area contributed by atoms with E-state index in [2.05, 4.69) is 5.48 Å². The zero-order chi connectivity index (χ0) is 17.1. The van der Waals surface area contributed by atoms with Gasteiger partial charge in [0.15, 0.2) is 11.6 Å². The fourth-order valence-corrected chi connectivity index (χ4v) is 3.01. The van der Waals surface area contributed by atoms with Gasteiger partial charge in [0.2, 0.25) is 0 Å². The van der Waals surface area contributed by atoms with Crippen molar-refractivity contribution in [3.05, 3.63) is 64.7 Å². The second kappa shape index (κ2) is 7.07. The number of hydrogen-bond acceptors (Lipinski definition) is 4. The number of hydrogen-bond donors (Lipinski definition) is 2. The second-order valence-corrected chi connectivity index (χ2v) is 5.79. The van der Waals surface area contributed by atoms with Crippen LogP contribution in [0.4, 0.5) is 8.78 Å². The third-order valence-corrected chi connectivity index (χ3v) is 4.26. The molecule has 4 nitrogen and oxygen atoms in total. The molecule has 0 radical (unpaired) electrons. The largest absolute Gasteiger partial charge is 0.405 e. The fraction of sp³-hybridized carbons (Fsp3) is 0.278. The maximum absolute atomic E-state index is 14.5. The predicted octanol–water partition coefficient (Wildman–Crippen LogP) is 2.97. The third kappa shape index (κ3) is 3.16. The van der Waals surface area contributed by atoms with Crippen LogP contribution in [0.5, 0.6) is 5.75 Å². The number of carbonyl (C=O) groups is 1. The van der Waals surface area contributed by atoms with Gasteiger partial charge in [-0.1, -0.05) is 24.3 Å². The van der Waals surface area contributed by atoms with Crippen LogP contribution in [-0.2, 0) is 4.79 Å². The Balaban J connectivity index is 2.07. The Labute approximate surface area is 138 Å². The van der Waals surface area contributed by atoms with Crippen LogP contribution in [0.3, 0.4) is 0 Å². The molecule has 0 saturated heterocycles. The van der Waals surface area contributed by atoms with E-state index in [1.165, 1.54) is 12.1 Å². The lowest BCUT2D eigenvalue weighted by Gasteiger charge is -2.19. The summed E-state index contributed by atoms with van der Waals surface area (Å²) in [6.45, 7) is 0.447. The SMILES string of the molecule is N[C@@H](CC=O)c1ccc(F)c(C2CCNOc3c(F)cccc32)c1. The van der Waals surface area contributed by atoms with Gasteiger partial charge in [-0.3, -0.25) is 0 Å². The summed E-state index contributed by atoms with van der Waals surface area (Å²) in [5, 5.41) is 0. The van der Waals surface area contributed by atoms with E-state index in [1.807, 2.05) is 0 Å². The van der Waals surface area contributed by atoms with Crippen LogP contribution >= 0.6 is 0 Å². The molecule has 1 heterocycles. The Morgan fingerprint density at radius 2 is 2.08 bits per heavy atom. The second-order valence-electron chi connectivity index (χ2n) is 5.79. The topological polar surface area (TPSA) is 64.4 Å². The van der Waals surface area contributed by atoms with Gasteiger partial charge in [-0.15, -0.1) is 0 Å². The molecule has 6 heteroatoms. The van der Waals surface area contributed by atoms with E-state index in [4.69, 9.17) is 10.6 Å². The number of fused-ring (bicyclic) bond motifs is 1. The van der Waals surface area contributed by atoms with Gasteiger partial charge in [-0.2, -0.15) is 5.48 Å². The standard InChI is InChI=1S/C18H18F2N2O2/c19-15-5-4-11(17(21)7-9-23)10-14(15)12-6-8-22-24-18-13(12)2-1-3-16(18)20/h1-5,9-10,12,17,22H,6-8,21H2/t12?,17-/m0/s1. The first-order chi connectivity index (χ1) is 11.6. The summed E-state index contributed by atoms with van der Waals surface area (Å²) in [6.07, 6.45) is 1.44. The van der Waals surface area contributed by atoms with E-state index in [-0.39, 0.29) is 23.9 Å². The molecule has 2 aromatic carbocycles. The smallest absolute Gasteiger partial charge is 0.186 e. The molecule has 1 aliphatic heterocycles. The van der Waals surface area contributed by atoms with Crippen molar-refractivity contribution in [1.82, 2.24) is 5.48 Å². The van der Waals surface area contributed by atoms with E-state index in [1.54, 1.807) is 24.3 Å². The van der Waals surface area contributed by atoms with Crippen molar-refractivity contribution in [1.29, 1.82) is 0 Å². The van der Waals surface area contributed by atoms with E-state index in [0.717, 1.165) is 6.29 Å². The molecule has 0 saturated carbocycles. The molecule has 3 N–H and O–H groups in total. The Morgan fingerprint density at radius 3 is 2.88 bits per heavy atom. The number of hydroxylamine groups is 1. The molecule has 0 fully saturated rings. The van der Waals surface area contributed by atoms with Crippen molar-refractivity contribution in [2.75, 3.05) is 6.54 Å². The van der Waals surface area contributed by atoms with Gasteiger partial charge in [-0.05, 0) is 29.7 Å². The highest BCUT2D eigenvalue weighted by molar-refractivity contribution is 5.52. The Bertz CT molecular complexity index is 752. The number of nitrogens with one attached hydrogen (secondary N) is 1. The minimum Gasteiger partial charge on any atom is -0.405 e. The molecule has 0 bridgehead atoms. The fourth-order valence-electron chi connectivity index (χ4n) is 3.01. The molecule has 0 aromatic heterocycles. The highest BCUT2D eigenvalue weighted by Gasteiger charge is 2.26.